The number of rotatable bonds is 6. The van der Waals surface area contributed by atoms with Crippen molar-refractivity contribution in [2.24, 2.45) is 11.8 Å². The van der Waals surface area contributed by atoms with Crippen molar-refractivity contribution in [1.29, 1.82) is 0 Å². The maximum atomic E-state index is 12.3. The summed E-state index contributed by atoms with van der Waals surface area (Å²) >= 11 is 0. The molecule has 1 saturated carbocycles. The molecule has 0 bridgehead atoms. The average Bonchev–Trinajstić information content (AvgIpc) is 2.73. The van der Waals surface area contributed by atoms with E-state index in [0.29, 0.717) is 18.9 Å². The van der Waals surface area contributed by atoms with Crippen LogP contribution in [-0.2, 0) is 16.1 Å². The van der Waals surface area contributed by atoms with Gasteiger partial charge in [0.15, 0.2) is 0 Å². The maximum Gasteiger partial charge on any atom is 0.220 e. The summed E-state index contributed by atoms with van der Waals surface area (Å²) in [4.78, 5) is 28.0. The van der Waals surface area contributed by atoms with Crippen LogP contribution in [-0.4, -0.2) is 42.9 Å². The summed E-state index contributed by atoms with van der Waals surface area (Å²) in [6.07, 6.45) is 7.23. The molecule has 5 heteroatoms. The molecule has 1 atom stereocenters. The molecule has 2 fully saturated rings. The molecule has 1 saturated heterocycles. The summed E-state index contributed by atoms with van der Waals surface area (Å²) in [5, 5.41) is 3.09. The Kier molecular flexibility index (Phi) is 7.35. The lowest BCUT2D eigenvalue weighted by Gasteiger charge is -2.35. The Morgan fingerprint density at radius 2 is 1.68 bits per heavy atom. The van der Waals surface area contributed by atoms with Gasteiger partial charge in [-0.15, -0.1) is 0 Å². The predicted molar refractivity (Wildman–Crippen MR) is 113 cm³/mol. The van der Waals surface area contributed by atoms with Crippen molar-refractivity contribution < 1.29 is 9.59 Å². The predicted octanol–water partition coefficient (Wildman–Crippen LogP) is 3.58. The first kappa shape index (κ1) is 20.7. The number of hydrogen-bond donors (Lipinski definition) is 1. The first-order chi connectivity index (χ1) is 13.5. The van der Waals surface area contributed by atoms with Crippen LogP contribution in [0.2, 0.25) is 0 Å². The van der Waals surface area contributed by atoms with Crippen molar-refractivity contribution in [3.63, 3.8) is 0 Å². The number of anilines is 1. The maximum absolute atomic E-state index is 12.3. The Labute approximate surface area is 169 Å². The number of piperazine rings is 1. The molecule has 28 heavy (non-hydrogen) atoms. The van der Waals surface area contributed by atoms with E-state index in [2.05, 4.69) is 41.4 Å². The van der Waals surface area contributed by atoms with E-state index in [1.165, 1.54) is 37.8 Å². The van der Waals surface area contributed by atoms with Gasteiger partial charge in [-0.1, -0.05) is 51.2 Å². The number of carbonyl (C=O) groups is 2. The highest BCUT2D eigenvalue weighted by Gasteiger charge is 2.22. The van der Waals surface area contributed by atoms with Crippen molar-refractivity contribution >= 4 is 17.5 Å². The van der Waals surface area contributed by atoms with Gasteiger partial charge in [-0.3, -0.25) is 9.59 Å². The van der Waals surface area contributed by atoms with Crippen molar-refractivity contribution in [3.05, 3.63) is 29.8 Å². The lowest BCUT2D eigenvalue weighted by atomic mass is 9.79. The zero-order valence-electron chi connectivity index (χ0n) is 17.5. The summed E-state index contributed by atoms with van der Waals surface area (Å²) < 4.78 is 0. The standard InChI is InChI=1S/C23H35N3O2/c1-18(21-6-4-3-5-7-21)16-23(28)24-17-20-8-10-22(11-9-20)26-14-12-25(13-15-26)19(2)27/h8-11,18,21H,3-7,12-17H2,1-2H3,(H,24,28)/t18-/m1/s1. The lowest BCUT2D eigenvalue weighted by molar-refractivity contribution is -0.129. The fourth-order valence-electron chi connectivity index (χ4n) is 4.54. The number of benzene rings is 1. The second-order valence-corrected chi connectivity index (χ2v) is 8.52. The summed E-state index contributed by atoms with van der Waals surface area (Å²) in [6.45, 7) is 7.77. The molecule has 0 unspecified atom stereocenters. The summed E-state index contributed by atoms with van der Waals surface area (Å²) in [7, 11) is 0. The SMILES string of the molecule is CC(=O)N1CCN(c2ccc(CNC(=O)C[C@@H](C)C3CCCCC3)cc2)CC1. The van der Waals surface area contributed by atoms with E-state index in [1.54, 1.807) is 6.92 Å². The second-order valence-electron chi connectivity index (χ2n) is 8.52. The minimum absolute atomic E-state index is 0.156. The van der Waals surface area contributed by atoms with Crippen LogP contribution in [0.25, 0.3) is 0 Å². The van der Waals surface area contributed by atoms with Gasteiger partial charge in [-0.25, -0.2) is 0 Å². The molecule has 5 nitrogen and oxygen atoms in total. The van der Waals surface area contributed by atoms with E-state index in [1.807, 2.05) is 4.90 Å². The third kappa shape index (κ3) is 5.73. The molecular weight excluding hydrogens is 350 g/mol. The zero-order chi connectivity index (χ0) is 19.9. The van der Waals surface area contributed by atoms with E-state index in [4.69, 9.17) is 0 Å². The molecule has 0 spiro atoms. The van der Waals surface area contributed by atoms with Crippen LogP contribution < -0.4 is 10.2 Å². The number of carbonyl (C=O) groups excluding carboxylic acids is 2. The third-order valence-electron chi connectivity index (χ3n) is 6.48. The van der Waals surface area contributed by atoms with E-state index < -0.39 is 0 Å². The highest BCUT2D eigenvalue weighted by atomic mass is 16.2. The molecule has 0 radical (unpaired) electrons. The average molecular weight is 386 g/mol. The lowest BCUT2D eigenvalue weighted by Crippen LogP contribution is -2.48. The quantitative estimate of drug-likeness (QED) is 0.814. The summed E-state index contributed by atoms with van der Waals surface area (Å²) in [5.41, 5.74) is 2.31. The molecule has 1 aliphatic heterocycles. The minimum atomic E-state index is 0.156. The van der Waals surface area contributed by atoms with Crippen LogP contribution in [0.1, 0.15) is 57.9 Å². The van der Waals surface area contributed by atoms with Gasteiger partial charge in [-0.05, 0) is 29.5 Å². The van der Waals surface area contributed by atoms with Gasteiger partial charge in [0.2, 0.25) is 11.8 Å². The fraction of sp³-hybridized carbons (Fsp3) is 0.652. The van der Waals surface area contributed by atoms with Gasteiger partial charge in [0.25, 0.3) is 0 Å². The monoisotopic (exact) mass is 385 g/mol. The Morgan fingerprint density at radius 3 is 2.29 bits per heavy atom. The molecule has 1 N–H and O–H groups in total. The van der Waals surface area contributed by atoms with Crippen LogP contribution >= 0.6 is 0 Å². The highest BCUT2D eigenvalue weighted by molar-refractivity contribution is 5.76. The Balaban J connectivity index is 1.41. The molecule has 3 rings (SSSR count). The number of nitrogens with zero attached hydrogens (tertiary/aromatic N) is 2. The van der Waals surface area contributed by atoms with E-state index in [9.17, 15) is 9.59 Å². The van der Waals surface area contributed by atoms with E-state index in [0.717, 1.165) is 37.7 Å². The van der Waals surface area contributed by atoms with Crippen molar-refractivity contribution in [2.45, 2.75) is 58.9 Å². The third-order valence-corrected chi connectivity index (χ3v) is 6.48. The van der Waals surface area contributed by atoms with Crippen LogP contribution in [0.4, 0.5) is 5.69 Å². The molecule has 2 aliphatic rings. The number of amides is 2. The first-order valence-corrected chi connectivity index (χ1v) is 10.9. The molecule has 154 valence electrons. The van der Waals surface area contributed by atoms with Crippen LogP contribution in [0.15, 0.2) is 24.3 Å². The zero-order valence-corrected chi connectivity index (χ0v) is 17.5. The molecular formula is C23H35N3O2. The molecule has 2 amide bonds. The van der Waals surface area contributed by atoms with Crippen molar-refractivity contribution in [3.8, 4) is 0 Å². The topological polar surface area (TPSA) is 52.7 Å². The Morgan fingerprint density at radius 1 is 1.04 bits per heavy atom. The van der Waals surface area contributed by atoms with Crippen LogP contribution in [0, 0.1) is 11.8 Å². The van der Waals surface area contributed by atoms with Gasteiger partial charge in [0, 0.05) is 51.8 Å². The molecule has 1 heterocycles. The number of nitrogens with one attached hydrogen (secondary N) is 1. The van der Waals surface area contributed by atoms with Gasteiger partial charge in [-0.2, -0.15) is 0 Å². The van der Waals surface area contributed by atoms with Gasteiger partial charge < -0.3 is 15.1 Å². The number of hydrogen-bond acceptors (Lipinski definition) is 3. The van der Waals surface area contributed by atoms with E-state index >= 15 is 0 Å². The Hall–Kier alpha value is -2.04. The minimum Gasteiger partial charge on any atom is -0.368 e. The summed E-state index contributed by atoms with van der Waals surface area (Å²) in [6, 6.07) is 8.43. The van der Waals surface area contributed by atoms with Gasteiger partial charge in [0.1, 0.15) is 0 Å². The van der Waals surface area contributed by atoms with E-state index in [-0.39, 0.29) is 11.8 Å². The van der Waals surface area contributed by atoms with Gasteiger partial charge >= 0.3 is 0 Å². The van der Waals surface area contributed by atoms with Crippen molar-refractivity contribution in [2.75, 3.05) is 31.1 Å². The Bertz CT molecular complexity index is 644. The van der Waals surface area contributed by atoms with Crippen LogP contribution in [0.3, 0.4) is 0 Å². The molecule has 0 aromatic heterocycles. The second kappa shape index (κ2) is 9.94. The molecule has 1 aliphatic carbocycles. The summed E-state index contributed by atoms with van der Waals surface area (Å²) in [5.74, 6) is 1.53. The van der Waals surface area contributed by atoms with Gasteiger partial charge in [0.05, 0.1) is 0 Å². The smallest absolute Gasteiger partial charge is 0.220 e. The largest absolute Gasteiger partial charge is 0.368 e. The normalized spacial score (nSPS) is 19.4. The first-order valence-electron chi connectivity index (χ1n) is 10.9. The molecule has 1 aromatic rings. The van der Waals surface area contributed by atoms with Crippen LogP contribution in [0.5, 0.6) is 0 Å². The van der Waals surface area contributed by atoms with Crippen molar-refractivity contribution in [1.82, 2.24) is 10.2 Å². The molecule has 1 aromatic carbocycles. The highest BCUT2D eigenvalue weighted by Crippen LogP contribution is 2.31. The fourth-order valence-corrected chi connectivity index (χ4v) is 4.54.